The number of rotatable bonds is 4. The van der Waals surface area contributed by atoms with Crippen LogP contribution in [0.25, 0.3) is 0 Å². The van der Waals surface area contributed by atoms with Crippen molar-refractivity contribution in [3.05, 3.63) is 57.8 Å². The SMILES string of the molecule is Cc1ccccc1CN1C(=O)[C@H](C)S/C1=N\N=C/c1cccs1. The Morgan fingerprint density at radius 2 is 2.09 bits per heavy atom. The molecule has 0 unspecified atom stereocenters. The fraction of sp³-hybridized carbons (Fsp3) is 0.235. The van der Waals surface area contributed by atoms with Gasteiger partial charge in [-0.05, 0) is 36.4 Å². The highest BCUT2D eigenvalue weighted by molar-refractivity contribution is 8.15. The highest BCUT2D eigenvalue weighted by Gasteiger charge is 2.35. The van der Waals surface area contributed by atoms with E-state index in [1.165, 1.54) is 17.3 Å². The number of amides is 1. The zero-order valence-corrected chi connectivity index (χ0v) is 14.6. The Balaban J connectivity index is 1.80. The van der Waals surface area contributed by atoms with Gasteiger partial charge in [0.25, 0.3) is 0 Å². The first-order chi connectivity index (χ1) is 11.1. The van der Waals surface area contributed by atoms with Gasteiger partial charge in [0.1, 0.15) is 0 Å². The van der Waals surface area contributed by atoms with Gasteiger partial charge in [-0.15, -0.1) is 16.4 Å². The standard InChI is InChI=1S/C17H17N3OS2/c1-12-6-3-4-7-14(12)11-20-16(21)13(2)23-17(20)19-18-10-15-8-5-9-22-15/h3-10,13H,11H2,1-2H3/b18-10-,19-17-/t13-/m0/s1. The van der Waals surface area contributed by atoms with Crippen molar-refractivity contribution in [2.45, 2.75) is 25.6 Å². The molecule has 2 aromatic rings. The maximum Gasteiger partial charge on any atom is 0.242 e. The smallest absolute Gasteiger partial charge is 0.242 e. The van der Waals surface area contributed by atoms with E-state index in [9.17, 15) is 4.79 Å². The van der Waals surface area contributed by atoms with Crippen LogP contribution < -0.4 is 0 Å². The number of hydrogen-bond acceptors (Lipinski definition) is 5. The molecule has 1 saturated heterocycles. The summed E-state index contributed by atoms with van der Waals surface area (Å²) in [5.74, 6) is 0.0864. The summed E-state index contributed by atoms with van der Waals surface area (Å²) in [5.41, 5.74) is 2.30. The molecule has 118 valence electrons. The minimum atomic E-state index is -0.116. The summed E-state index contributed by atoms with van der Waals surface area (Å²) < 4.78 is 0. The molecule has 6 heteroatoms. The Labute approximate surface area is 143 Å². The summed E-state index contributed by atoms with van der Waals surface area (Å²) in [6.07, 6.45) is 1.72. The molecule has 1 amide bonds. The molecule has 0 N–H and O–H groups in total. The van der Waals surface area contributed by atoms with Crippen LogP contribution in [0.3, 0.4) is 0 Å². The molecule has 3 rings (SSSR count). The summed E-state index contributed by atoms with van der Waals surface area (Å²) in [4.78, 5) is 15.2. The second-order valence-corrected chi connectivity index (χ2v) is 7.54. The fourth-order valence-corrected chi connectivity index (χ4v) is 3.77. The van der Waals surface area contributed by atoms with Gasteiger partial charge in [-0.25, -0.2) is 0 Å². The van der Waals surface area contributed by atoms with Crippen molar-refractivity contribution in [1.29, 1.82) is 0 Å². The maximum absolute atomic E-state index is 12.4. The number of thiophene rings is 1. The van der Waals surface area contributed by atoms with Crippen molar-refractivity contribution >= 4 is 40.4 Å². The summed E-state index contributed by atoms with van der Waals surface area (Å²) in [6.45, 7) is 4.50. The lowest BCUT2D eigenvalue weighted by molar-refractivity contribution is -0.126. The number of hydrogen-bond donors (Lipinski definition) is 0. The van der Waals surface area contributed by atoms with Crippen LogP contribution in [0, 0.1) is 6.92 Å². The minimum Gasteiger partial charge on any atom is -0.284 e. The predicted molar refractivity (Wildman–Crippen MR) is 98.1 cm³/mol. The second kappa shape index (κ2) is 7.10. The summed E-state index contributed by atoms with van der Waals surface area (Å²) >= 11 is 3.07. The summed E-state index contributed by atoms with van der Waals surface area (Å²) in [6, 6.07) is 12.0. The normalized spacial score (nSPS) is 20.1. The minimum absolute atomic E-state index is 0.0864. The lowest BCUT2D eigenvalue weighted by Gasteiger charge is -2.16. The number of amidine groups is 1. The van der Waals surface area contributed by atoms with Crippen LogP contribution in [0.4, 0.5) is 0 Å². The van der Waals surface area contributed by atoms with Crippen LogP contribution in [0.1, 0.15) is 22.9 Å². The van der Waals surface area contributed by atoms with E-state index in [-0.39, 0.29) is 11.2 Å². The van der Waals surface area contributed by atoms with Gasteiger partial charge >= 0.3 is 0 Å². The van der Waals surface area contributed by atoms with Gasteiger partial charge in [0, 0.05) is 4.88 Å². The third kappa shape index (κ3) is 3.71. The van der Waals surface area contributed by atoms with Crippen LogP contribution in [0.15, 0.2) is 52.0 Å². The van der Waals surface area contributed by atoms with Crippen LogP contribution in [-0.4, -0.2) is 27.4 Å². The van der Waals surface area contributed by atoms with Crippen molar-refractivity contribution < 1.29 is 4.79 Å². The number of carbonyl (C=O) groups excluding carboxylic acids is 1. The van der Waals surface area contributed by atoms with Gasteiger partial charge in [0.15, 0.2) is 5.17 Å². The van der Waals surface area contributed by atoms with Crippen molar-refractivity contribution in [3.63, 3.8) is 0 Å². The average molecular weight is 343 g/mol. The van der Waals surface area contributed by atoms with E-state index in [2.05, 4.69) is 23.2 Å². The molecular weight excluding hydrogens is 326 g/mol. The van der Waals surface area contributed by atoms with Crippen LogP contribution in [0.5, 0.6) is 0 Å². The quantitative estimate of drug-likeness (QED) is 0.624. The van der Waals surface area contributed by atoms with Crippen molar-refractivity contribution in [1.82, 2.24) is 4.90 Å². The number of carbonyl (C=O) groups is 1. The van der Waals surface area contributed by atoms with Gasteiger partial charge in [0.05, 0.1) is 18.0 Å². The molecule has 23 heavy (non-hydrogen) atoms. The first kappa shape index (κ1) is 16.0. The molecule has 0 spiro atoms. The van der Waals surface area contributed by atoms with Gasteiger partial charge < -0.3 is 0 Å². The molecule has 1 aromatic heterocycles. The highest BCUT2D eigenvalue weighted by Crippen LogP contribution is 2.29. The Morgan fingerprint density at radius 3 is 2.83 bits per heavy atom. The first-order valence-electron chi connectivity index (χ1n) is 7.32. The molecule has 0 aliphatic carbocycles. The van der Waals surface area contributed by atoms with E-state index in [0.717, 1.165) is 10.4 Å². The van der Waals surface area contributed by atoms with E-state index in [1.54, 1.807) is 22.5 Å². The van der Waals surface area contributed by atoms with Gasteiger partial charge in [-0.2, -0.15) is 5.10 Å². The maximum atomic E-state index is 12.4. The van der Waals surface area contributed by atoms with E-state index in [4.69, 9.17) is 0 Å². The largest absolute Gasteiger partial charge is 0.284 e. The predicted octanol–water partition coefficient (Wildman–Crippen LogP) is 3.91. The molecule has 0 radical (unpaired) electrons. The number of aryl methyl sites for hydroxylation is 1. The highest BCUT2D eigenvalue weighted by atomic mass is 32.2. The molecule has 1 aliphatic heterocycles. The van der Waals surface area contributed by atoms with Crippen molar-refractivity contribution in [2.24, 2.45) is 10.2 Å². The molecule has 1 fully saturated rings. The summed E-state index contributed by atoms with van der Waals surface area (Å²) in [7, 11) is 0. The average Bonchev–Trinajstić information content (AvgIpc) is 3.14. The molecule has 1 aliphatic rings. The Hall–Kier alpha value is -1.92. The number of benzene rings is 1. The Bertz CT molecular complexity index is 753. The Kier molecular flexibility index (Phi) is 4.93. The van der Waals surface area contributed by atoms with E-state index >= 15 is 0 Å². The zero-order chi connectivity index (χ0) is 16.2. The van der Waals surface area contributed by atoms with Crippen LogP contribution in [-0.2, 0) is 11.3 Å². The molecular formula is C17H17N3OS2. The van der Waals surface area contributed by atoms with Crippen LogP contribution in [0.2, 0.25) is 0 Å². The molecule has 4 nitrogen and oxygen atoms in total. The Morgan fingerprint density at radius 1 is 1.26 bits per heavy atom. The van der Waals surface area contributed by atoms with E-state index < -0.39 is 0 Å². The topological polar surface area (TPSA) is 45.0 Å². The summed E-state index contributed by atoms with van der Waals surface area (Å²) in [5, 5.41) is 10.9. The molecule has 2 heterocycles. The third-order valence-corrected chi connectivity index (χ3v) is 5.46. The van der Waals surface area contributed by atoms with Gasteiger partial charge in [-0.3, -0.25) is 9.69 Å². The molecule has 1 atom stereocenters. The van der Waals surface area contributed by atoms with Gasteiger partial charge in [-0.1, -0.05) is 42.1 Å². The van der Waals surface area contributed by atoms with E-state index in [1.807, 2.05) is 42.6 Å². The fourth-order valence-electron chi connectivity index (χ4n) is 2.27. The third-order valence-electron chi connectivity index (χ3n) is 3.59. The second-order valence-electron chi connectivity index (χ2n) is 5.25. The molecule has 0 saturated carbocycles. The molecule has 0 bridgehead atoms. The van der Waals surface area contributed by atoms with E-state index in [0.29, 0.717) is 11.7 Å². The lowest BCUT2D eigenvalue weighted by atomic mass is 10.1. The monoisotopic (exact) mass is 343 g/mol. The first-order valence-corrected chi connectivity index (χ1v) is 9.08. The van der Waals surface area contributed by atoms with Gasteiger partial charge in [0.2, 0.25) is 5.91 Å². The number of thioether (sulfide) groups is 1. The van der Waals surface area contributed by atoms with Crippen molar-refractivity contribution in [2.75, 3.05) is 0 Å². The molecule has 1 aromatic carbocycles. The van der Waals surface area contributed by atoms with Crippen molar-refractivity contribution in [3.8, 4) is 0 Å². The number of nitrogens with zero attached hydrogens (tertiary/aromatic N) is 3. The van der Waals surface area contributed by atoms with Crippen LogP contribution >= 0.6 is 23.1 Å². The lowest BCUT2D eigenvalue weighted by Crippen LogP contribution is -2.31. The zero-order valence-electron chi connectivity index (χ0n) is 13.0.